The lowest BCUT2D eigenvalue weighted by Crippen LogP contribution is -2.88. The third-order valence-corrected chi connectivity index (χ3v) is 50.8. The zero-order chi connectivity index (χ0) is 44.4. The van der Waals surface area contributed by atoms with Crippen LogP contribution in [0.15, 0.2) is 0 Å². The molecule has 0 aromatic rings. The Morgan fingerprint density at radius 3 is 0.867 bits per heavy atom. The molecule has 14 nitrogen and oxygen atoms in total. The zero-order valence-corrected chi connectivity index (χ0v) is 48.8. The topological polar surface area (TPSA) is 137 Å². The first-order valence-electron chi connectivity index (χ1n) is 23.0. The van der Waals surface area contributed by atoms with E-state index >= 15 is 0 Å². The van der Waals surface area contributed by atoms with Crippen LogP contribution in [0.5, 0.6) is 0 Å². The van der Waals surface area contributed by atoms with Gasteiger partial charge in [-0.3, -0.25) is 4.79 Å². The normalized spacial score (nSPS) is 37.8. The van der Waals surface area contributed by atoms with Crippen molar-refractivity contribution < 1.29 is 58.9 Å². The van der Waals surface area contributed by atoms with Crippen LogP contribution in [0.1, 0.15) is 129 Å². The van der Waals surface area contributed by atoms with E-state index in [1.54, 1.807) is 0 Å². The largest absolute Gasteiger partial charge is 0.479 e. The van der Waals surface area contributed by atoms with Gasteiger partial charge in [0.1, 0.15) is 0 Å². The predicted molar refractivity (Wildman–Crippen MR) is 249 cm³/mol. The second kappa shape index (κ2) is 20.6. The Balaban J connectivity index is 1.81. The number of rotatable bonds is 23. The molecule has 6 aliphatic heterocycles. The van der Waals surface area contributed by atoms with Gasteiger partial charge < -0.3 is 54.1 Å². The summed E-state index contributed by atoms with van der Waals surface area (Å²) in [4.78, 5) is 12.9. The number of esters is 1. The summed E-state index contributed by atoms with van der Waals surface area (Å²) in [5.74, 6) is 0.412. The van der Waals surface area contributed by atoms with E-state index in [0.717, 1.165) is 24.6 Å². The maximum Gasteiger partial charge on any atom is 0.479 e. The molecular formula is C37H79BrO14Si8. The number of unbranched alkanes of at least 4 members (excludes halogenated alkanes) is 2. The first-order valence-corrected chi connectivity index (χ1v) is 39.6. The summed E-state index contributed by atoms with van der Waals surface area (Å²) in [6, 6.07) is 3.42. The van der Waals surface area contributed by atoms with E-state index in [1.165, 1.54) is 0 Å². The van der Waals surface area contributed by atoms with Crippen LogP contribution < -0.4 is 0 Å². The fraction of sp³-hybridized carbons (Fsp3) is 0.973. The monoisotopic (exact) mass is 1050 g/mol. The van der Waals surface area contributed by atoms with Gasteiger partial charge in [-0.25, -0.2) is 0 Å². The lowest BCUT2D eigenvalue weighted by atomic mass is 10.2. The fourth-order valence-corrected chi connectivity index (χ4v) is 60.9. The van der Waals surface area contributed by atoms with Crippen molar-refractivity contribution in [3.8, 4) is 0 Å². The van der Waals surface area contributed by atoms with Crippen LogP contribution >= 0.6 is 15.9 Å². The minimum absolute atomic E-state index is 0.0762. The highest BCUT2D eigenvalue weighted by atomic mass is 79.9. The molecule has 60 heavy (non-hydrogen) atoms. The van der Waals surface area contributed by atoms with Crippen molar-refractivity contribution >= 4 is 92.3 Å². The molecule has 0 saturated carbocycles. The number of ether oxygens (including phenoxy) is 1. The standard InChI is InChI=1S/C37H79BrO14Si8/c1-30(2)23-54-41-53(22-18-21-40-37(39)19-16-15-17-20-38)42-55(24-31(3)4)46-57(44-54,26-33(7)8)50-60(29-36(13)14)51-58(45-54,27-34(9)10)47-56(43-53,25-32(5)6)49-59(48-55,52-60)28-35(11)12/h30-36H,15-29H2,1-14H3. The van der Waals surface area contributed by atoms with Gasteiger partial charge in [-0.05, 0) is 60.7 Å². The molecule has 6 rings (SSSR count). The molecule has 0 aliphatic carbocycles. The third kappa shape index (κ3) is 13.4. The molecule has 0 spiro atoms. The fourth-order valence-electron chi connectivity index (χ4n) is 8.96. The maximum absolute atomic E-state index is 12.9. The Morgan fingerprint density at radius 2 is 0.633 bits per heavy atom. The Hall–Kier alpha value is 1.21. The Kier molecular flexibility index (Phi) is 17.9. The van der Waals surface area contributed by atoms with E-state index in [2.05, 4.69) is 113 Å². The van der Waals surface area contributed by atoms with Crippen LogP contribution in [0.2, 0.25) is 48.4 Å². The number of carbonyl (C=O) groups is 1. The quantitative estimate of drug-likeness (QED) is 0.0415. The Bertz CT molecular complexity index is 1280. The lowest BCUT2D eigenvalue weighted by Gasteiger charge is -2.64. The molecule has 6 fully saturated rings. The molecule has 6 heterocycles. The van der Waals surface area contributed by atoms with Gasteiger partial charge in [0, 0.05) is 60.1 Å². The molecule has 6 aliphatic rings. The van der Waals surface area contributed by atoms with Crippen LogP contribution in [0.25, 0.3) is 0 Å². The molecule has 6 saturated heterocycles. The Labute approximate surface area is 379 Å². The highest BCUT2D eigenvalue weighted by Gasteiger charge is 2.83. The highest BCUT2D eigenvalue weighted by molar-refractivity contribution is 9.09. The van der Waals surface area contributed by atoms with E-state index in [4.69, 9.17) is 54.1 Å². The minimum atomic E-state index is -4.09. The van der Waals surface area contributed by atoms with Crippen LogP contribution in [0.3, 0.4) is 0 Å². The second-order valence-corrected chi connectivity index (χ2v) is 45.6. The minimum Gasteiger partial charge on any atom is -0.466 e. The highest BCUT2D eigenvalue weighted by Crippen LogP contribution is 2.56. The van der Waals surface area contributed by atoms with Crippen molar-refractivity contribution in [1.82, 2.24) is 0 Å². The molecule has 0 aromatic carbocycles. The SMILES string of the molecule is CC(C)C[Si]12O[Si]3(CCCOC(=O)CCCCCBr)O[Si]4(CC(C)C)O[Si](CC(C)C)(O1)O[Si]1(CC(C)C)O[Si](CC(C)C)(O2)O[Si](CC(C)C)(O3)O[Si](CC(C)C)(O4)O1. The van der Waals surface area contributed by atoms with Gasteiger partial charge in [0.15, 0.2) is 0 Å². The summed E-state index contributed by atoms with van der Waals surface area (Å²) in [6.45, 7) is 30.3. The van der Waals surface area contributed by atoms with Gasteiger partial charge in [0.2, 0.25) is 0 Å². The lowest BCUT2D eigenvalue weighted by molar-refractivity contribution is -0.143. The van der Waals surface area contributed by atoms with Crippen molar-refractivity contribution in [3.63, 3.8) is 0 Å². The Morgan fingerprint density at radius 1 is 0.383 bits per heavy atom. The second-order valence-electron chi connectivity index (χ2n) is 20.7. The summed E-state index contributed by atoms with van der Waals surface area (Å²) in [5, 5.41) is 0.919. The molecule has 0 aromatic heterocycles. The number of halogens is 1. The summed E-state index contributed by atoms with van der Waals surface area (Å²) >= 11 is 3.48. The van der Waals surface area contributed by atoms with E-state index < -0.39 is 70.4 Å². The number of hydrogen-bond donors (Lipinski definition) is 0. The van der Waals surface area contributed by atoms with E-state index in [-0.39, 0.29) is 60.0 Å². The molecule has 0 amide bonds. The van der Waals surface area contributed by atoms with Crippen molar-refractivity contribution in [1.29, 1.82) is 0 Å². The average molecular weight is 1050 g/mol. The molecule has 0 N–H and O–H groups in total. The van der Waals surface area contributed by atoms with Gasteiger partial charge in [-0.15, -0.1) is 0 Å². The molecule has 0 unspecified atom stereocenters. The van der Waals surface area contributed by atoms with Crippen LogP contribution in [-0.4, -0.2) is 88.3 Å². The summed E-state index contributed by atoms with van der Waals surface area (Å²) < 4.78 is 99.2. The van der Waals surface area contributed by atoms with Crippen molar-refractivity contribution in [2.45, 2.75) is 177 Å². The summed E-state index contributed by atoms with van der Waals surface area (Å²) in [5.41, 5.74) is 0. The van der Waals surface area contributed by atoms with Crippen LogP contribution in [-0.2, 0) is 58.9 Å². The molecule has 0 radical (unpaired) electrons. The molecule has 350 valence electrons. The summed E-state index contributed by atoms with van der Waals surface area (Å²) in [6.07, 6.45) is 3.55. The first kappa shape index (κ1) is 52.2. The molecule has 23 heteroatoms. The predicted octanol–water partition coefficient (Wildman–Crippen LogP) is 10.2. The zero-order valence-electron chi connectivity index (χ0n) is 39.2. The van der Waals surface area contributed by atoms with Crippen LogP contribution in [0, 0.1) is 41.4 Å². The summed E-state index contributed by atoms with van der Waals surface area (Å²) in [7, 11) is -31.9. The van der Waals surface area contributed by atoms with E-state index in [9.17, 15) is 4.79 Å². The average Bonchev–Trinajstić information content (AvgIpc) is 2.99. The maximum atomic E-state index is 12.9. The van der Waals surface area contributed by atoms with E-state index in [1.807, 2.05) is 0 Å². The number of hydrogen-bond acceptors (Lipinski definition) is 14. The van der Waals surface area contributed by atoms with Gasteiger partial charge in [0.25, 0.3) is 0 Å². The van der Waals surface area contributed by atoms with Crippen LogP contribution in [0.4, 0.5) is 0 Å². The van der Waals surface area contributed by atoms with Gasteiger partial charge in [-0.1, -0.05) is 119 Å². The molecule has 8 bridgehead atoms. The van der Waals surface area contributed by atoms with Crippen molar-refractivity contribution in [2.75, 3.05) is 11.9 Å². The van der Waals surface area contributed by atoms with Crippen molar-refractivity contribution in [2.24, 2.45) is 41.4 Å². The third-order valence-electron chi connectivity index (χ3n) is 10.2. The van der Waals surface area contributed by atoms with Gasteiger partial charge >= 0.3 is 76.4 Å². The number of alkyl halides is 1. The number of carbonyl (C=O) groups excluding carboxylic acids is 1. The smallest absolute Gasteiger partial charge is 0.466 e. The van der Waals surface area contributed by atoms with Gasteiger partial charge in [0.05, 0.1) is 6.61 Å². The van der Waals surface area contributed by atoms with E-state index in [0.29, 0.717) is 55.2 Å². The first-order chi connectivity index (χ1) is 27.9. The molecule has 0 atom stereocenters. The van der Waals surface area contributed by atoms with Gasteiger partial charge in [-0.2, -0.15) is 0 Å². The molecular weight excluding hydrogens is 973 g/mol. The van der Waals surface area contributed by atoms with Crippen molar-refractivity contribution in [3.05, 3.63) is 0 Å².